The van der Waals surface area contributed by atoms with E-state index in [4.69, 9.17) is 17.2 Å². The number of rotatable bonds is 0. The molecule has 23 heavy (non-hydrogen) atoms. The van der Waals surface area contributed by atoms with Crippen LogP contribution in [0.15, 0.2) is 24.3 Å². The molecule has 0 fully saturated rings. The number of nitrogen functional groups attached to an aromatic ring is 3. The van der Waals surface area contributed by atoms with Crippen LogP contribution in [0, 0.1) is 0 Å². The van der Waals surface area contributed by atoms with Crippen molar-refractivity contribution in [2.45, 2.75) is 0 Å². The maximum atomic E-state index is 10.0. The summed E-state index contributed by atoms with van der Waals surface area (Å²) in [7, 11) is 0. The number of aromatic nitrogens is 3. The average Bonchev–Trinajstić information content (AvgIpc) is 2.97. The van der Waals surface area contributed by atoms with Gasteiger partial charge in [0.25, 0.3) is 23.6 Å². The minimum absolute atomic E-state index is 0.0417. The van der Waals surface area contributed by atoms with Crippen molar-refractivity contribution in [3.8, 4) is 0 Å². The van der Waals surface area contributed by atoms with Gasteiger partial charge in [0.15, 0.2) is 0 Å². The first-order valence-corrected chi connectivity index (χ1v) is 5.85. The number of hydrogen-bond donors (Lipinski definition) is 5. The molecule has 0 unspecified atom stereocenters. The number of amides is 4. The Morgan fingerprint density at radius 3 is 0.913 bits per heavy atom. The molecule has 0 atom stereocenters. The molecule has 1 aromatic rings. The van der Waals surface area contributed by atoms with Crippen LogP contribution < -0.4 is 27.8 Å². The van der Waals surface area contributed by atoms with Gasteiger partial charge in [-0.05, 0) is 0 Å². The van der Waals surface area contributed by atoms with Gasteiger partial charge in [0, 0.05) is 24.3 Å². The highest BCUT2D eigenvalue weighted by Gasteiger charge is 2.07. The molecule has 1 aromatic heterocycles. The molecule has 2 aliphatic heterocycles. The minimum atomic E-state index is -0.329. The lowest BCUT2D eigenvalue weighted by atomic mass is 10.6. The van der Waals surface area contributed by atoms with E-state index in [0.717, 1.165) is 0 Å². The Hall–Kier alpha value is -3.83. The second kappa shape index (κ2) is 7.82. The van der Waals surface area contributed by atoms with E-state index in [1.54, 1.807) is 0 Å². The van der Waals surface area contributed by atoms with Crippen LogP contribution >= 0.6 is 0 Å². The Kier molecular flexibility index (Phi) is 5.86. The van der Waals surface area contributed by atoms with Crippen LogP contribution in [0.3, 0.4) is 0 Å². The van der Waals surface area contributed by atoms with Crippen LogP contribution in [-0.4, -0.2) is 38.6 Å². The molecule has 0 aromatic carbocycles. The topological polar surface area (TPSA) is 209 Å². The monoisotopic (exact) mass is 320 g/mol. The Morgan fingerprint density at radius 2 is 0.783 bits per heavy atom. The number of nitrogens with two attached hydrogens (primary N) is 3. The fraction of sp³-hybridized carbons (Fsp3) is 0. The van der Waals surface area contributed by atoms with E-state index in [2.05, 4.69) is 15.0 Å². The Morgan fingerprint density at radius 1 is 0.565 bits per heavy atom. The maximum Gasteiger partial charge on any atom is 0.250 e. The van der Waals surface area contributed by atoms with Crippen molar-refractivity contribution < 1.29 is 19.2 Å². The average molecular weight is 320 g/mol. The number of anilines is 3. The standard InChI is InChI=1S/2C4H3NO2.C3H6N6/c2*6-3-1-2-4(7)5-3;4-1-7-2(5)9-3(6)8-1/h2*1-2H,(H,5,6,7);(H6,4,5,6,7,8,9). The second-order valence-corrected chi connectivity index (χ2v) is 3.78. The van der Waals surface area contributed by atoms with Gasteiger partial charge in [0.1, 0.15) is 0 Å². The Balaban J connectivity index is 0.000000175. The first-order valence-electron chi connectivity index (χ1n) is 5.85. The van der Waals surface area contributed by atoms with Crippen molar-refractivity contribution in [1.29, 1.82) is 0 Å². The van der Waals surface area contributed by atoms with Crippen molar-refractivity contribution in [3.05, 3.63) is 24.3 Å². The quantitative estimate of drug-likeness (QED) is 0.306. The summed E-state index contributed by atoms with van der Waals surface area (Å²) >= 11 is 0. The molecule has 0 radical (unpaired) electrons. The van der Waals surface area contributed by atoms with Crippen LogP contribution in [0.5, 0.6) is 0 Å². The molecule has 0 saturated carbocycles. The van der Waals surface area contributed by atoms with Crippen molar-refractivity contribution in [2.24, 2.45) is 0 Å². The summed E-state index contributed by atoms with van der Waals surface area (Å²) in [6.45, 7) is 0. The van der Waals surface area contributed by atoms with E-state index in [1.807, 2.05) is 10.6 Å². The second-order valence-electron chi connectivity index (χ2n) is 3.78. The molecule has 2 aliphatic rings. The molecule has 0 saturated heterocycles. The van der Waals surface area contributed by atoms with Gasteiger partial charge in [-0.2, -0.15) is 15.0 Å². The van der Waals surface area contributed by atoms with Gasteiger partial charge in [-0.1, -0.05) is 0 Å². The third kappa shape index (κ3) is 6.94. The van der Waals surface area contributed by atoms with Gasteiger partial charge >= 0.3 is 0 Å². The molecular weight excluding hydrogens is 308 g/mol. The van der Waals surface area contributed by atoms with Gasteiger partial charge in [-0.15, -0.1) is 0 Å². The zero-order valence-corrected chi connectivity index (χ0v) is 11.5. The molecule has 0 aliphatic carbocycles. The fourth-order valence-electron chi connectivity index (χ4n) is 1.14. The Bertz CT molecular complexity index is 594. The van der Waals surface area contributed by atoms with Gasteiger partial charge in [0.2, 0.25) is 17.8 Å². The number of nitrogens with zero attached hydrogens (tertiary/aromatic N) is 3. The molecule has 120 valence electrons. The smallest absolute Gasteiger partial charge is 0.250 e. The molecule has 3 heterocycles. The van der Waals surface area contributed by atoms with E-state index >= 15 is 0 Å². The zero-order chi connectivity index (χ0) is 17.4. The normalized spacial score (nSPS) is 14.4. The lowest BCUT2D eigenvalue weighted by Gasteiger charge is -1.93. The van der Waals surface area contributed by atoms with Crippen molar-refractivity contribution >= 4 is 41.5 Å². The molecule has 12 nitrogen and oxygen atoms in total. The third-order valence-electron chi connectivity index (χ3n) is 1.95. The lowest BCUT2D eigenvalue weighted by Crippen LogP contribution is -2.19. The lowest BCUT2D eigenvalue weighted by molar-refractivity contribution is -0.125. The summed E-state index contributed by atoms with van der Waals surface area (Å²) in [5.74, 6) is -1.19. The summed E-state index contributed by atoms with van der Waals surface area (Å²) in [5.41, 5.74) is 15.4. The molecular formula is C11H12N8O4. The molecule has 0 spiro atoms. The summed E-state index contributed by atoms with van der Waals surface area (Å²) in [6, 6.07) is 0. The van der Waals surface area contributed by atoms with Crippen molar-refractivity contribution in [1.82, 2.24) is 25.6 Å². The highest BCUT2D eigenvalue weighted by atomic mass is 16.2. The van der Waals surface area contributed by atoms with E-state index in [0.29, 0.717) is 0 Å². The number of carbonyl (C=O) groups is 4. The van der Waals surface area contributed by atoms with E-state index in [1.165, 1.54) is 24.3 Å². The summed E-state index contributed by atoms with van der Waals surface area (Å²) < 4.78 is 0. The SMILES string of the molecule is Nc1nc(N)nc(N)n1.O=C1C=CC(=O)N1.O=C1C=CC(=O)N1. The van der Waals surface area contributed by atoms with Gasteiger partial charge < -0.3 is 17.2 Å². The largest absolute Gasteiger partial charge is 0.368 e. The predicted molar refractivity (Wildman–Crippen MR) is 77.6 cm³/mol. The summed E-state index contributed by atoms with van der Waals surface area (Å²) in [5, 5.41) is 4.06. The Labute approximate surface area is 128 Å². The number of nitrogens with one attached hydrogen (secondary N) is 2. The van der Waals surface area contributed by atoms with Crippen LogP contribution in [0.2, 0.25) is 0 Å². The van der Waals surface area contributed by atoms with Crippen LogP contribution in [0.4, 0.5) is 17.8 Å². The first kappa shape index (κ1) is 17.2. The predicted octanol–water partition coefficient (Wildman–Crippen LogP) is -2.98. The van der Waals surface area contributed by atoms with Crippen molar-refractivity contribution in [2.75, 3.05) is 17.2 Å². The van der Waals surface area contributed by atoms with Crippen LogP contribution in [-0.2, 0) is 19.2 Å². The number of hydrogen-bond acceptors (Lipinski definition) is 10. The van der Waals surface area contributed by atoms with Gasteiger partial charge in [-0.3, -0.25) is 29.8 Å². The minimum Gasteiger partial charge on any atom is -0.368 e. The van der Waals surface area contributed by atoms with Gasteiger partial charge in [-0.25, -0.2) is 0 Å². The molecule has 12 heteroatoms. The summed E-state index contributed by atoms with van der Waals surface area (Å²) in [4.78, 5) is 50.6. The zero-order valence-electron chi connectivity index (χ0n) is 11.5. The van der Waals surface area contributed by atoms with Crippen molar-refractivity contribution in [3.63, 3.8) is 0 Å². The molecule has 0 bridgehead atoms. The molecule has 4 amide bonds. The highest BCUT2D eigenvalue weighted by molar-refractivity contribution is 6.13. The number of imide groups is 2. The first-order chi connectivity index (χ1) is 10.8. The van der Waals surface area contributed by atoms with E-state index < -0.39 is 0 Å². The van der Waals surface area contributed by atoms with Crippen LogP contribution in [0.1, 0.15) is 0 Å². The maximum absolute atomic E-state index is 10.0. The van der Waals surface area contributed by atoms with E-state index in [-0.39, 0.29) is 41.5 Å². The molecule has 3 rings (SSSR count). The van der Waals surface area contributed by atoms with E-state index in [9.17, 15) is 19.2 Å². The fourth-order valence-corrected chi connectivity index (χ4v) is 1.14. The van der Waals surface area contributed by atoms with Crippen LogP contribution in [0.25, 0.3) is 0 Å². The summed E-state index contributed by atoms with van der Waals surface area (Å²) in [6.07, 6.45) is 4.79. The molecule has 8 N–H and O–H groups in total. The third-order valence-corrected chi connectivity index (χ3v) is 1.95. The number of carbonyl (C=O) groups excluding carboxylic acids is 4. The van der Waals surface area contributed by atoms with Gasteiger partial charge in [0.05, 0.1) is 0 Å². The highest BCUT2D eigenvalue weighted by Crippen LogP contribution is 1.97.